The van der Waals surface area contributed by atoms with Gasteiger partial charge in [-0.05, 0) is 24.4 Å². The van der Waals surface area contributed by atoms with E-state index < -0.39 is 0 Å². The maximum atomic E-state index is 5.59. The third-order valence-electron chi connectivity index (χ3n) is 2.83. The van der Waals surface area contributed by atoms with E-state index in [1.54, 1.807) is 16.4 Å². The van der Waals surface area contributed by atoms with E-state index in [1.807, 2.05) is 44.2 Å². The molecule has 0 unspecified atom stereocenters. The molecule has 2 aromatic heterocycles. The fraction of sp³-hybridized carbons (Fsp3) is 0.286. The number of para-hydroxylation sites is 1. The van der Waals surface area contributed by atoms with Gasteiger partial charge in [-0.25, -0.2) is 4.68 Å². The van der Waals surface area contributed by atoms with Gasteiger partial charge in [-0.2, -0.15) is 0 Å². The predicted octanol–water partition coefficient (Wildman–Crippen LogP) is 4.46. The average molecular weight is 350 g/mol. The minimum atomic E-state index is 0.241. The van der Waals surface area contributed by atoms with E-state index in [-0.39, 0.29) is 5.92 Å². The highest BCUT2D eigenvalue weighted by Crippen LogP contribution is 2.27. The van der Waals surface area contributed by atoms with E-state index in [1.165, 1.54) is 11.3 Å². The van der Waals surface area contributed by atoms with Crippen molar-refractivity contribution in [1.82, 2.24) is 20.0 Å². The van der Waals surface area contributed by atoms with Crippen LogP contribution in [0.2, 0.25) is 0 Å². The second-order valence-corrected chi connectivity index (χ2v) is 7.70. The molecule has 0 amide bonds. The highest BCUT2D eigenvalue weighted by molar-refractivity contribution is 8.00. The van der Waals surface area contributed by atoms with Gasteiger partial charge < -0.3 is 4.42 Å². The number of rotatable bonds is 5. The molecule has 0 atom stereocenters. The van der Waals surface area contributed by atoms with Crippen LogP contribution in [0.25, 0.3) is 5.69 Å². The summed E-state index contributed by atoms with van der Waals surface area (Å²) in [5.74, 6) is 2.11. The smallest absolute Gasteiger partial charge is 0.226 e. The molecule has 1 aromatic carbocycles. The van der Waals surface area contributed by atoms with Crippen LogP contribution < -0.4 is 0 Å². The summed E-state index contributed by atoms with van der Waals surface area (Å²) in [6.45, 7) is 4.05. The Morgan fingerprint density at radius 2 is 2.05 bits per heavy atom. The summed E-state index contributed by atoms with van der Waals surface area (Å²) in [5, 5.41) is 12.6. The van der Waals surface area contributed by atoms with E-state index in [0.29, 0.717) is 17.5 Å². The zero-order valence-corrected chi connectivity index (χ0v) is 14.5. The second kappa shape index (κ2) is 6.72. The standard InChI is InChI=1S/C14H14N4OS3/c1-9(2)12-16-15-11(19-12)8-21-13-17-18(14(20)22-13)10-6-4-3-5-7-10/h3-7,9H,8H2,1-2H3. The Morgan fingerprint density at radius 3 is 2.73 bits per heavy atom. The van der Waals surface area contributed by atoms with E-state index in [4.69, 9.17) is 16.6 Å². The van der Waals surface area contributed by atoms with E-state index in [9.17, 15) is 0 Å². The Morgan fingerprint density at radius 1 is 1.27 bits per heavy atom. The van der Waals surface area contributed by atoms with E-state index in [2.05, 4.69) is 15.3 Å². The number of aromatic nitrogens is 4. The van der Waals surface area contributed by atoms with Gasteiger partial charge in [-0.15, -0.1) is 15.3 Å². The molecule has 0 aliphatic heterocycles. The predicted molar refractivity (Wildman–Crippen MR) is 90.2 cm³/mol. The lowest BCUT2D eigenvalue weighted by Crippen LogP contribution is -1.95. The van der Waals surface area contributed by atoms with Gasteiger partial charge in [-0.3, -0.25) is 0 Å². The molecule has 0 aliphatic rings. The maximum absolute atomic E-state index is 5.59. The Hall–Kier alpha value is -1.51. The molecule has 5 nitrogen and oxygen atoms in total. The molecule has 0 saturated heterocycles. The van der Waals surface area contributed by atoms with Crippen LogP contribution in [0.3, 0.4) is 0 Å². The van der Waals surface area contributed by atoms with Crippen molar-refractivity contribution >= 4 is 35.3 Å². The van der Waals surface area contributed by atoms with Crippen LogP contribution in [0.1, 0.15) is 31.5 Å². The van der Waals surface area contributed by atoms with Gasteiger partial charge in [0.1, 0.15) is 0 Å². The van der Waals surface area contributed by atoms with Crippen LogP contribution in [0.15, 0.2) is 39.1 Å². The molecule has 3 aromatic rings. The van der Waals surface area contributed by atoms with Crippen molar-refractivity contribution in [3.05, 3.63) is 46.1 Å². The molecule has 0 N–H and O–H groups in total. The molecule has 0 bridgehead atoms. The van der Waals surface area contributed by atoms with Crippen molar-refractivity contribution in [2.24, 2.45) is 0 Å². The van der Waals surface area contributed by atoms with Crippen molar-refractivity contribution < 1.29 is 4.42 Å². The Balaban J connectivity index is 1.72. The molecule has 2 heterocycles. The zero-order chi connectivity index (χ0) is 15.5. The lowest BCUT2D eigenvalue weighted by atomic mass is 10.2. The van der Waals surface area contributed by atoms with Crippen LogP contribution in [-0.2, 0) is 5.75 Å². The average Bonchev–Trinajstić information content (AvgIpc) is 3.13. The van der Waals surface area contributed by atoms with Crippen molar-refractivity contribution in [1.29, 1.82) is 0 Å². The van der Waals surface area contributed by atoms with Gasteiger partial charge in [-0.1, -0.05) is 55.1 Å². The fourth-order valence-corrected chi connectivity index (χ4v) is 3.93. The van der Waals surface area contributed by atoms with Gasteiger partial charge in [0.2, 0.25) is 11.8 Å². The number of benzene rings is 1. The lowest BCUT2D eigenvalue weighted by molar-refractivity contribution is 0.445. The third kappa shape index (κ3) is 3.45. The van der Waals surface area contributed by atoms with E-state index in [0.717, 1.165) is 14.0 Å². The summed E-state index contributed by atoms with van der Waals surface area (Å²) in [4.78, 5) is 0. The topological polar surface area (TPSA) is 56.7 Å². The summed E-state index contributed by atoms with van der Waals surface area (Å²) < 4.78 is 8.97. The summed E-state index contributed by atoms with van der Waals surface area (Å²) in [7, 11) is 0. The lowest BCUT2D eigenvalue weighted by Gasteiger charge is -1.98. The summed E-state index contributed by atoms with van der Waals surface area (Å²) in [6, 6.07) is 9.87. The fourth-order valence-electron chi connectivity index (χ4n) is 1.73. The molecule has 22 heavy (non-hydrogen) atoms. The number of hydrogen-bond donors (Lipinski definition) is 0. The monoisotopic (exact) mass is 350 g/mol. The first-order valence-corrected chi connectivity index (χ1v) is 8.95. The third-order valence-corrected chi connectivity index (χ3v) is 5.18. The SMILES string of the molecule is CC(C)c1nnc(CSc2nn(-c3ccccc3)c(=S)s2)o1. The molecule has 3 rings (SSSR count). The summed E-state index contributed by atoms with van der Waals surface area (Å²) in [6.07, 6.45) is 0. The molecular weight excluding hydrogens is 336 g/mol. The van der Waals surface area contributed by atoms with Crippen LogP contribution >= 0.6 is 35.3 Å². The van der Waals surface area contributed by atoms with Gasteiger partial charge in [0.05, 0.1) is 11.4 Å². The molecule has 0 aliphatic carbocycles. The first-order valence-electron chi connectivity index (χ1n) is 6.74. The molecule has 0 saturated carbocycles. The minimum absolute atomic E-state index is 0.241. The number of thioether (sulfide) groups is 1. The number of hydrogen-bond acceptors (Lipinski definition) is 7. The Kier molecular flexibility index (Phi) is 4.70. The van der Waals surface area contributed by atoms with Crippen molar-refractivity contribution in [3.63, 3.8) is 0 Å². The van der Waals surface area contributed by atoms with Gasteiger partial charge in [0.25, 0.3) is 0 Å². The normalized spacial score (nSPS) is 11.2. The highest BCUT2D eigenvalue weighted by Gasteiger charge is 2.12. The molecule has 114 valence electrons. The van der Waals surface area contributed by atoms with Crippen LogP contribution in [0.4, 0.5) is 0 Å². The highest BCUT2D eigenvalue weighted by atomic mass is 32.2. The van der Waals surface area contributed by atoms with Gasteiger partial charge in [0, 0.05) is 5.92 Å². The molecule has 0 fully saturated rings. The Bertz CT molecular complexity index is 807. The van der Waals surface area contributed by atoms with Gasteiger partial charge in [0.15, 0.2) is 8.29 Å². The van der Waals surface area contributed by atoms with Gasteiger partial charge >= 0.3 is 0 Å². The van der Waals surface area contributed by atoms with Crippen molar-refractivity contribution in [2.45, 2.75) is 29.9 Å². The Labute approximate surface area is 141 Å². The van der Waals surface area contributed by atoms with Crippen LogP contribution in [0.5, 0.6) is 0 Å². The first kappa shape index (κ1) is 15.4. The van der Waals surface area contributed by atoms with E-state index >= 15 is 0 Å². The minimum Gasteiger partial charge on any atom is -0.424 e. The molecule has 0 radical (unpaired) electrons. The number of nitrogens with zero attached hydrogens (tertiary/aromatic N) is 4. The first-order chi connectivity index (χ1) is 10.6. The molecular formula is C14H14N4OS3. The quantitative estimate of drug-likeness (QED) is 0.500. The molecule has 0 spiro atoms. The molecule has 8 heteroatoms. The largest absolute Gasteiger partial charge is 0.424 e. The van der Waals surface area contributed by atoms with Crippen LogP contribution in [0, 0.1) is 3.95 Å². The maximum Gasteiger partial charge on any atom is 0.226 e. The second-order valence-electron chi connectivity index (χ2n) is 4.86. The van der Waals surface area contributed by atoms with Crippen molar-refractivity contribution in [2.75, 3.05) is 0 Å². The summed E-state index contributed by atoms with van der Waals surface area (Å²) >= 11 is 8.41. The van der Waals surface area contributed by atoms with Crippen molar-refractivity contribution in [3.8, 4) is 5.69 Å². The zero-order valence-electron chi connectivity index (χ0n) is 12.1. The van der Waals surface area contributed by atoms with Crippen LogP contribution in [-0.4, -0.2) is 20.0 Å². The summed E-state index contributed by atoms with van der Waals surface area (Å²) in [5.41, 5.74) is 0.968.